The van der Waals surface area contributed by atoms with Crippen LogP contribution in [0.1, 0.15) is 39.2 Å². The Morgan fingerprint density at radius 1 is 1.40 bits per heavy atom. The first-order chi connectivity index (χ1) is 7.13. The van der Waals surface area contributed by atoms with Gasteiger partial charge in [0.2, 0.25) is 0 Å². The van der Waals surface area contributed by atoms with Gasteiger partial charge in [-0.25, -0.2) is 4.98 Å². The van der Waals surface area contributed by atoms with Gasteiger partial charge in [-0.1, -0.05) is 13.8 Å². The second-order valence-electron chi connectivity index (χ2n) is 3.94. The molecule has 0 bridgehead atoms. The van der Waals surface area contributed by atoms with Gasteiger partial charge < -0.3 is 5.32 Å². The molecule has 15 heavy (non-hydrogen) atoms. The van der Waals surface area contributed by atoms with Crippen LogP contribution in [0.3, 0.4) is 0 Å². The van der Waals surface area contributed by atoms with Crippen LogP contribution in [0, 0.1) is 11.3 Å². The highest BCUT2D eigenvalue weighted by Gasteiger charge is 2.19. The summed E-state index contributed by atoms with van der Waals surface area (Å²) in [6.07, 6.45) is 3.68. The Kier molecular flexibility index (Phi) is 3.68. The highest BCUT2D eigenvalue weighted by molar-refractivity contribution is 5.40. The smallest absolute Gasteiger partial charge is 0.126 e. The number of nitrogens with one attached hydrogen (secondary N) is 1. The summed E-state index contributed by atoms with van der Waals surface area (Å²) in [6.45, 7) is 6.48. The lowest BCUT2D eigenvalue weighted by Gasteiger charge is -2.28. The first-order valence-electron chi connectivity index (χ1n) is 5.28. The molecule has 0 aliphatic carbocycles. The summed E-state index contributed by atoms with van der Waals surface area (Å²) < 4.78 is 0. The van der Waals surface area contributed by atoms with Crippen molar-refractivity contribution >= 4 is 5.82 Å². The SMILES string of the molecule is CCC(C)(CC)Nc1ccc(C#N)cn1. The van der Waals surface area contributed by atoms with Crippen LogP contribution in [0.5, 0.6) is 0 Å². The van der Waals surface area contributed by atoms with Crippen molar-refractivity contribution in [2.45, 2.75) is 39.2 Å². The Labute approximate surface area is 91.1 Å². The molecule has 0 aromatic carbocycles. The molecule has 0 atom stereocenters. The molecule has 0 unspecified atom stereocenters. The Bertz CT molecular complexity index is 344. The molecule has 0 aliphatic rings. The van der Waals surface area contributed by atoms with Gasteiger partial charge in [0.15, 0.2) is 0 Å². The van der Waals surface area contributed by atoms with E-state index < -0.39 is 0 Å². The third-order valence-electron chi connectivity index (χ3n) is 2.88. The van der Waals surface area contributed by atoms with Gasteiger partial charge in [0.1, 0.15) is 11.9 Å². The van der Waals surface area contributed by atoms with Gasteiger partial charge in [-0.15, -0.1) is 0 Å². The zero-order valence-electron chi connectivity index (χ0n) is 9.54. The van der Waals surface area contributed by atoms with Crippen LogP contribution in [0.4, 0.5) is 5.82 Å². The van der Waals surface area contributed by atoms with E-state index >= 15 is 0 Å². The van der Waals surface area contributed by atoms with E-state index in [0.717, 1.165) is 18.7 Å². The lowest BCUT2D eigenvalue weighted by Crippen LogP contribution is -2.33. The van der Waals surface area contributed by atoms with Crippen molar-refractivity contribution in [2.24, 2.45) is 0 Å². The Morgan fingerprint density at radius 2 is 2.07 bits per heavy atom. The van der Waals surface area contributed by atoms with E-state index in [4.69, 9.17) is 5.26 Å². The van der Waals surface area contributed by atoms with Crippen molar-refractivity contribution in [3.05, 3.63) is 23.9 Å². The summed E-state index contributed by atoms with van der Waals surface area (Å²) >= 11 is 0. The summed E-state index contributed by atoms with van der Waals surface area (Å²) in [5.74, 6) is 0.834. The van der Waals surface area contributed by atoms with Gasteiger partial charge in [0.25, 0.3) is 0 Å². The third kappa shape index (κ3) is 2.95. The van der Waals surface area contributed by atoms with E-state index in [0.29, 0.717) is 5.56 Å². The van der Waals surface area contributed by atoms with Gasteiger partial charge in [0, 0.05) is 11.7 Å². The number of rotatable bonds is 4. The number of nitriles is 1. The molecule has 1 rings (SSSR count). The molecule has 0 saturated heterocycles. The van der Waals surface area contributed by atoms with Crippen LogP contribution < -0.4 is 5.32 Å². The Balaban J connectivity index is 2.77. The number of hydrogen-bond acceptors (Lipinski definition) is 3. The van der Waals surface area contributed by atoms with E-state index in [9.17, 15) is 0 Å². The van der Waals surface area contributed by atoms with Crippen LogP contribution in [-0.2, 0) is 0 Å². The fourth-order valence-electron chi connectivity index (χ4n) is 1.27. The second-order valence-corrected chi connectivity index (χ2v) is 3.94. The average molecular weight is 203 g/mol. The maximum Gasteiger partial charge on any atom is 0.126 e. The maximum atomic E-state index is 8.64. The molecule has 3 nitrogen and oxygen atoms in total. The molecule has 0 aliphatic heterocycles. The van der Waals surface area contributed by atoms with Crippen molar-refractivity contribution in [3.63, 3.8) is 0 Å². The number of anilines is 1. The number of aromatic nitrogens is 1. The normalized spacial score (nSPS) is 10.8. The summed E-state index contributed by atoms with van der Waals surface area (Å²) in [7, 11) is 0. The largest absolute Gasteiger partial charge is 0.365 e. The molecular weight excluding hydrogens is 186 g/mol. The van der Waals surface area contributed by atoms with E-state index in [1.807, 2.05) is 6.07 Å². The predicted octanol–water partition coefficient (Wildman–Crippen LogP) is 2.94. The number of hydrogen-bond donors (Lipinski definition) is 1. The van der Waals surface area contributed by atoms with Crippen LogP contribution >= 0.6 is 0 Å². The highest BCUT2D eigenvalue weighted by atomic mass is 15.0. The maximum absolute atomic E-state index is 8.64. The van der Waals surface area contributed by atoms with Crippen molar-refractivity contribution in [3.8, 4) is 6.07 Å². The van der Waals surface area contributed by atoms with Crippen LogP contribution in [0.2, 0.25) is 0 Å². The highest BCUT2D eigenvalue weighted by Crippen LogP contribution is 2.19. The lowest BCUT2D eigenvalue weighted by molar-refractivity contribution is 0.477. The summed E-state index contributed by atoms with van der Waals surface area (Å²) in [6, 6.07) is 5.68. The van der Waals surface area contributed by atoms with Crippen LogP contribution in [-0.4, -0.2) is 10.5 Å². The fourth-order valence-corrected chi connectivity index (χ4v) is 1.27. The molecule has 1 aromatic heterocycles. The van der Waals surface area contributed by atoms with Crippen molar-refractivity contribution in [1.82, 2.24) is 4.98 Å². The Morgan fingerprint density at radius 3 is 2.47 bits per heavy atom. The predicted molar refractivity (Wildman–Crippen MR) is 61.6 cm³/mol. The van der Waals surface area contributed by atoms with Crippen molar-refractivity contribution in [1.29, 1.82) is 5.26 Å². The summed E-state index contributed by atoms with van der Waals surface area (Å²) in [4.78, 5) is 4.20. The van der Waals surface area contributed by atoms with E-state index in [1.54, 1.807) is 12.3 Å². The summed E-state index contributed by atoms with van der Waals surface area (Å²) in [5.41, 5.74) is 0.677. The minimum Gasteiger partial charge on any atom is -0.365 e. The monoisotopic (exact) mass is 203 g/mol. The molecule has 0 saturated carbocycles. The molecule has 0 radical (unpaired) electrons. The fraction of sp³-hybridized carbons (Fsp3) is 0.500. The summed E-state index contributed by atoms with van der Waals surface area (Å²) in [5, 5.41) is 12.0. The average Bonchev–Trinajstić information content (AvgIpc) is 2.30. The lowest BCUT2D eigenvalue weighted by atomic mass is 9.96. The first-order valence-corrected chi connectivity index (χ1v) is 5.28. The van der Waals surface area contributed by atoms with Gasteiger partial charge >= 0.3 is 0 Å². The minimum atomic E-state index is 0.0845. The number of nitrogens with zero attached hydrogens (tertiary/aromatic N) is 2. The topological polar surface area (TPSA) is 48.7 Å². The van der Waals surface area contributed by atoms with Crippen molar-refractivity contribution in [2.75, 3.05) is 5.32 Å². The van der Waals surface area contributed by atoms with E-state index in [1.165, 1.54) is 0 Å². The molecule has 1 N–H and O–H groups in total. The van der Waals surface area contributed by atoms with Crippen molar-refractivity contribution < 1.29 is 0 Å². The van der Waals surface area contributed by atoms with Crippen LogP contribution in [0.15, 0.2) is 18.3 Å². The third-order valence-corrected chi connectivity index (χ3v) is 2.88. The number of pyridine rings is 1. The minimum absolute atomic E-state index is 0.0845. The van der Waals surface area contributed by atoms with Gasteiger partial charge in [-0.3, -0.25) is 0 Å². The quantitative estimate of drug-likeness (QED) is 0.818. The first kappa shape index (κ1) is 11.5. The molecule has 80 valence electrons. The van der Waals surface area contributed by atoms with E-state index in [2.05, 4.69) is 37.1 Å². The van der Waals surface area contributed by atoms with Gasteiger partial charge in [-0.2, -0.15) is 5.26 Å². The molecule has 1 aromatic rings. The zero-order valence-corrected chi connectivity index (χ0v) is 9.54. The molecular formula is C12H17N3. The zero-order chi connectivity index (χ0) is 11.3. The molecule has 0 amide bonds. The molecule has 1 heterocycles. The molecule has 3 heteroatoms. The van der Waals surface area contributed by atoms with E-state index in [-0.39, 0.29) is 5.54 Å². The Hall–Kier alpha value is -1.56. The standard InChI is InChI=1S/C12H17N3/c1-4-12(3,5-2)15-11-7-6-10(8-13)9-14-11/h6-7,9H,4-5H2,1-3H3,(H,14,15). The van der Waals surface area contributed by atoms with Gasteiger partial charge in [-0.05, 0) is 31.9 Å². The molecule has 0 spiro atoms. The second kappa shape index (κ2) is 4.79. The van der Waals surface area contributed by atoms with Crippen LogP contribution in [0.25, 0.3) is 0 Å². The van der Waals surface area contributed by atoms with Gasteiger partial charge in [0.05, 0.1) is 5.56 Å². The molecule has 0 fully saturated rings.